The molecular weight excluding hydrogens is 608 g/mol. The lowest BCUT2D eigenvalue weighted by Gasteiger charge is -2.30. The molecule has 10 nitrogen and oxygen atoms in total. The van der Waals surface area contributed by atoms with E-state index in [0.717, 1.165) is 104 Å². The van der Waals surface area contributed by atoms with Crippen LogP contribution in [-0.4, -0.2) is 45.9 Å². The van der Waals surface area contributed by atoms with Crippen LogP contribution < -0.4 is 10.6 Å². The van der Waals surface area contributed by atoms with E-state index in [-0.39, 0.29) is 36.6 Å². The van der Waals surface area contributed by atoms with Gasteiger partial charge < -0.3 is 30.1 Å². The summed E-state index contributed by atoms with van der Waals surface area (Å²) < 4.78 is 12.0. The van der Waals surface area contributed by atoms with Gasteiger partial charge in [0.25, 0.3) is 11.8 Å². The molecule has 1 aliphatic carbocycles. The fraction of sp³-hybridized carbons (Fsp3) is 0.474. The molecule has 2 aromatic heterocycles. The maximum absolute atomic E-state index is 13.3. The van der Waals surface area contributed by atoms with Crippen LogP contribution in [0.5, 0.6) is 0 Å². The van der Waals surface area contributed by atoms with Crippen molar-refractivity contribution < 1.29 is 28.7 Å². The number of hydrogen-bond donors (Lipinski definition) is 4. The van der Waals surface area contributed by atoms with Crippen LogP contribution in [-0.2, 0) is 41.5 Å². The average molecular weight is 657 g/mol. The maximum Gasteiger partial charge on any atom is 0.310 e. The number of amides is 2. The van der Waals surface area contributed by atoms with Gasteiger partial charge in [0.1, 0.15) is 12.2 Å². The lowest BCUT2D eigenvalue weighted by Crippen LogP contribution is -2.38. The predicted octanol–water partition coefficient (Wildman–Crippen LogP) is 6.15. The summed E-state index contributed by atoms with van der Waals surface area (Å²) >= 11 is 0. The summed E-state index contributed by atoms with van der Waals surface area (Å²) in [5, 5.41) is 5.89. The summed E-state index contributed by atoms with van der Waals surface area (Å²) in [7, 11) is 0. The Labute approximate surface area is 282 Å². The minimum absolute atomic E-state index is 0.0832. The molecule has 1 saturated carbocycles. The summed E-state index contributed by atoms with van der Waals surface area (Å²) in [5.74, 6) is -0.896. The number of allylic oxidation sites excluding steroid dienone is 2. The van der Waals surface area contributed by atoms with Gasteiger partial charge in [-0.3, -0.25) is 19.2 Å². The zero-order valence-electron chi connectivity index (χ0n) is 29.4. The molecule has 2 aromatic rings. The quantitative estimate of drug-likeness (QED) is 0.226. The second-order valence-corrected chi connectivity index (χ2v) is 13.2. The van der Waals surface area contributed by atoms with Crippen molar-refractivity contribution >= 4 is 35.9 Å². The third kappa shape index (κ3) is 6.98. The Bertz CT molecular complexity index is 1670. The normalized spacial score (nSPS) is 21.4. The van der Waals surface area contributed by atoms with Crippen molar-refractivity contribution in [3.05, 3.63) is 78.7 Å². The van der Waals surface area contributed by atoms with E-state index in [1.54, 1.807) is 0 Å². The number of hydrogen-bond acceptors (Lipinski definition) is 6. The van der Waals surface area contributed by atoms with Gasteiger partial charge in [0, 0.05) is 45.3 Å². The van der Waals surface area contributed by atoms with Crippen molar-refractivity contribution in [2.75, 3.05) is 0 Å². The first kappa shape index (κ1) is 34.7. The first-order valence-corrected chi connectivity index (χ1v) is 17.0. The molecule has 2 amide bonds. The third-order valence-electron chi connectivity index (χ3n) is 10.1. The number of carbonyl (C=O) groups is 4. The molecule has 2 atom stereocenters. The van der Waals surface area contributed by atoms with Crippen molar-refractivity contribution in [1.82, 2.24) is 20.6 Å². The van der Waals surface area contributed by atoms with Crippen LogP contribution in [0.1, 0.15) is 111 Å². The second-order valence-electron chi connectivity index (χ2n) is 13.2. The Morgan fingerprint density at radius 1 is 0.667 bits per heavy atom. The molecular formula is C38H48N4O6. The van der Waals surface area contributed by atoms with Gasteiger partial charge >= 0.3 is 11.9 Å². The van der Waals surface area contributed by atoms with E-state index in [9.17, 15) is 19.2 Å². The van der Waals surface area contributed by atoms with E-state index in [1.807, 2.05) is 67.5 Å². The van der Waals surface area contributed by atoms with Crippen LogP contribution >= 0.6 is 0 Å². The van der Waals surface area contributed by atoms with Gasteiger partial charge in [-0.25, -0.2) is 0 Å². The van der Waals surface area contributed by atoms with E-state index < -0.39 is 12.2 Å². The number of aromatic amines is 2. The smallest absolute Gasteiger partial charge is 0.310 e. The van der Waals surface area contributed by atoms with Crippen molar-refractivity contribution in [1.29, 1.82) is 0 Å². The molecule has 4 heterocycles. The molecule has 10 heteroatoms. The third-order valence-corrected chi connectivity index (χ3v) is 10.1. The first-order valence-electron chi connectivity index (χ1n) is 17.0. The van der Waals surface area contributed by atoms with Crippen LogP contribution in [0.4, 0.5) is 0 Å². The Morgan fingerprint density at radius 2 is 1.04 bits per heavy atom. The SMILES string of the molecule is CCC1=C(C)C(=O)N/C1=C\c1[nH]c(C)c(CC(=O)O[C@H]2CCCC[C@@H]2OC(=O)Cc2c(C)[nH]c(/C=C3\NC(=O)C(C)=C3CC)c2C)c1C. The monoisotopic (exact) mass is 656 g/mol. The largest absolute Gasteiger partial charge is 0.458 e. The van der Waals surface area contributed by atoms with Crippen LogP contribution in [0.3, 0.4) is 0 Å². The second kappa shape index (κ2) is 14.3. The lowest BCUT2D eigenvalue weighted by atomic mass is 9.94. The van der Waals surface area contributed by atoms with Crippen LogP contribution in [0.15, 0.2) is 33.7 Å². The van der Waals surface area contributed by atoms with Gasteiger partial charge in [0.2, 0.25) is 0 Å². The number of rotatable bonds is 10. The topological polar surface area (TPSA) is 142 Å². The minimum atomic E-state index is -0.507. The van der Waals surface area contributed by atoms with Gasteiger partial charge in [-0.15, -0.1) is 0 Å². The van der Waals surface area contributed by atoms with E-state index in [1.165, 1.54) is 0 Å². The van der Waals surface area contributed by atoms with Crippen molar-refractivity contribution in [3.63, 3.8) is 0 Å². The van der Waals surface area contributed by atoms with E-state index >= 15 is 0 Å². The van der Waals surface area contributed by atoms with Gasteiger partial charge in [-0.05, 0) is 126 Å². The first-order chi connectivity index (χ1) is 22.8. The number of ether oxygens (including phenoxy) is 2. The van der Waals surface area contributed by atoms with Crippen LogP contribution in [0, 0.1) is 27.7 Å². The van der Waals surface area contributed by atoms with Crippen LogP contribution in [0.25, 0.3) is 12.2 Å². The summed E-state index contributed by atoms with van der Waals surface area (Å²) in [5.41, 5.74) is 12.0. The molecule has 0 bridgehead atoms. The molecule has 256 valence electrons. The zero-order chi connectivity index (χ0) is 34.9. The molecule has 0 unspecified atom stereocenters. The van der Waals surface area contributed by atoms with Gasteiger partial charge in [-0.1, -0.05) is 13.8 Å². The standard InChI is InChI=1S/C38H48N4O6/c1-9-25-21(5)37(45)41-31(25)17-29-19(3)27(23(7)39-29)15-35(43)47-33-13-11-12-14-34(33)48-36(44)16-28-20(4)30(40-24(28)8)18-32-26(10-2)22(6)38(46)42-32/h17-18,33-34,39-40H,9-16H2,1-8H3,(H,41,45)(H,42,46)/b31-17-,32-18-/t33-,34-/m0/s1. The molecule has 3 aliphatic rings. The van der Waals surface area contributed by atoms with Crippen molar-refractivity contribution in [2.24, 2.45) is 0 Å². The van der Waals surface area contributed by atoms with Gasteiger partial charge in [0.05, 0.1) is 12.8 Å². The molecule has 5 rings (SSSR count). The lowest BCUT2D eigenvalue weighted by molar-refractivity contribution is -0.170. The van der Waals surface area contributed by atoms with Crippen molar-refractivity contribution in [3.8, 4) is 0 Å². The van der Waals surface area contributed by atoms with Gasteiger partial charge in [-0.2, -0.15) is 0 Å². The Morgan fingerprint density at radius 3 is 1.40 bits per heavy atom. The molecule has 1 fully saturated rings. The zero-order valence-corrected chi connectivity index (χ0v) is 29.4. The maximum atomic E-state index is 13.3. The highest BCUT2D eigenvalue weighted by molar-refractivity contribution is 6.01. The summed E-state index contributed by atoms with van der Waals surface area (Å²) in [6, 6.07) is 0. The number of nitrogens with one attached hydrogen (secondary N) is 4. The Hall–Kier alpha value is -4.60. The average Bonchev–Trinajstić information content (AvgIpc) is 3.67. The molecule has 0 spiro atoms. The van der Waals surface area contributed by atoms with Crippen LogP contribution in [0.2, 0.25) is 0 Å². The van der Waals surface area contributed by atoms with Crippen molar-refractivity contribution in [2.45, 2.75) is 119 Å². The summed E-state index contributed by atoms with van der Waals surface area (Å²) in [6.07, 6.45) is 7.56. The fourth-order valence-electron chi connectivity index (χ4n) is 7.20. The molecule has 0 radical (unpaired) electrons. The molecule has 48 heavy (non-hydrogen) atoms. The molecule has 0 aromatic carbocycles. The van der Waals surface area contributed by atoms with E-state index in [2.05, 4.69) is 20.6 Å². The summed E-state index contributed by atoms with van der Waals surface area (Å²) in [6.45, 7) is 15.5. The van der Waals surface area contributed by atoms with Gasteiger partial charge in [0.15, 0.2) is 0 Å². The number of H-pyrrole nitrogens is 2. The van der Waals surface area contributed by atoms with E-state index in [0.29, 0.717) is 12.8 Å². The number of esters is 2. The molecule has 4 N–H and O–H groups in total. The highest BCUT2D eigenvalue weighted by Gasteiger charge is 2.33. The Kier molecular flexibility index (Phi) is 10.3. The fourth-order valence-corrected chi connectivity index (χ4v) is 7.20. The number of aromatic nitrogens is 2. The minimum Gasteiger partial charge on any atom is -0.458 e. The molecule has 2 aliphatic heterocycles. The number of carbonyl (C=O) groups excluding carboxylic acids is 4. The predicted molar refractivity (Wildman–Crippen MR) is 184 cm³/mol. The Balaban J connectivity index is 1.23. The summed E-state index contributed by atoms with van der Waals surface area (Å²) in [4.78, 5) is 57.7. The highest BCUT2D eigenvalue weighted by atomic mass is 16.6. The molecule has 0 saturated heterocycles. The number of aryl methyl sites for hydroxylation is 2. The highest BCUT2D eigenvalue weighted by Crippen LogP contribution is 2.31. The van der Waals surface area contributed by atoms with E-state index in [4.69, 9.17) is 9.47 Å².